The Kier molecular flexibility index (Phi) is 6.08. The maximum atomic E-state index is 12.0. The van der Waals surface area contributed by atoms with E-state index in [9.17, 15) is 4.79 Å². The number of hydrogen-bond acceptors (Lipinski definition) is 2. The molecule has 0 unspecified atom stereocenters. The van der Waals surface area contributed by atoms with E-state index in [0.717, 1.165) is 11.3 Å². The maximum Gasteiger partial charge on any atom is 0.230 e. The molecule has 2 aromatic rings. The molecular formula is C19H23NOS. The van der Waals surface area contributed by atoms with Crippen molar-refractivity contribution < 1.29 is 4.79 Å². The smallest absolute Gasteiger partial charge is 0.230 e. The van der Waals surface area contributed by atoms with E-state index in [4.69, 9.17) is 0 Å². The van der Waals surface area contributed by atoms with Gasteiger partial charge in [-0.05, 0) is 37.5 Å². The number of hydrogen-bond donors (Lipinski definition) is 1. The van der Waals surface area contributed by atoms with Gasteiger partial charge in [0.15, 0.2) is 0 Å². The van der Waals surface area contributed by atoms with Crippen molar-refractivity contribution >= 4 is 17.7 Å². The van der Waals surface area contributed by atoms with E-state index >= 15 is 0 Å². The quantitative estimate of drug-likeness (QED) is 0.855. The average Bonchev–Trinajstić information content (AvgIpc) is 2.50. The van der Waals surface area contributed by atoms with E-state index in [2.05, 4.69) is 55.6 Å². The first kappa shape index (κ1) is 16.6. The molecule has 2 nitrogen and oxygen atoms in total. The van der Waals surface area contributed by atoms with Gasteiger partial charge in [0.25, 0.3) is 0 Å². The Hall–Kier alpha value is -1.74. The minimum atomic E-state index is 0.0483. The van der Waals surface area contributed by atoms with Crippen LogP contribution >= 0.6 is 11.8 Å². The topological polar surface area (TPSA) is 29.1 Å². The third-order valence-corrected chi connectivity index (χ3v) is 4.69. The Labute approximate surface area is 137 Å². The molecule has 1 amide bonds. The molecule has 2 rings (SSSR count). The molecule has 2 aromatic carbocycles. The minimum absolute atomic E-state index is 0.0483. The number of amides is 1. The number of carbonyl (C=O) groups excluding carboxylic acids is 1. The van der Waals surface area contributed by atoms with Gasteiger partial charge in [-0.2, -0.15) is 0 Å². The highest BCUT2D eigenvalue weighted by atomic mass is 32.2. The lowest BCUT2D eigenvalue weighted by atomic mass is 10.1. The van der Waals surface area contributed by atoms with Crippen molar-refractivity contribution in [2.75, 3.05) is 5.75 Å². The van der Waals surface area contributed by atoms with Gasteiger partial charge in [-0.15, -0.1) is 11.8 Å². The fourth-order valence-corrected chi connectivity index (χ4v) is 3.16. The van der Waals surface area contributed by atoms with Gasteiger partial charge in [0.2, 0.25) is 5.91 Å². The molecule has 0 aliphatic heterocycles. The standard InChI is InChI=1S/C19H23NOS/c1-14-8-10-17(11-9-14)16(3)20-19(21)13-22-12-18-7-5-4-6-15(18)2/h4-11,16H,12-13H2,1-3H3,(H,20,21)/t16-/m1/s1. The first-order chi connectivity index (χ1) is 10.6. The van der Waals surface area contributed by atoms with Crippen LogP contribution in [0, 0.1) is 13.8 Å². The summed E-state index contributed by atoms with van der Waals surface area (Å²) in [5.74, 6) is 1.45. The zero-order valence-corrected chi connectivity index (χ0v) is 14.2. The maximum absolute atomic E-state index is 12.0. The van der Waals surface area contributed by atoms with Gasteiger partial charge in [0.05, 0.1) is 11.8 Å². The van der Waals surface area contributed by atoms with Gasteiger partial charge in [-0.1, -0.05) is 54.1 Å². The summed E-state index contributed by atoms with van der Waals surface area (Å²) in [6.07, 6.45) is 0. The van der Waals surface area contributed by atoms with Crippen LogP contribution in [-0.4, -0.2) is 11.7 Å². The van der Waals surface area contributed by atoms with E-state index in [1.165, 1.54) is 16.7 Å². The Morgan fingerprint density at radius 3 is 2.45 bits per heavy atom. The van der Waals surface area contributed by atoms with Gasteiger partial charge in [-0.25, -0.2) is 0 Å². The fourth-order valence-electron chi connectivity index (χ4n) is 2.25. The number of carbonyl (C=O) groups is 1. The summed E-state index contributed by atoms with van der Waals surface area (Å²) >= 11 is 1.66. The third-order valence-electron chi connectivity index (χ3n) is 3.71. The minimum Gasteiger partial charge on any atom is -0.349 e. The van der Waals surface area contributed by atoms with Crippen LogP contribution in [0.25, 0.3) is 0 Å². The van der Waals surface area contributed by atoms with E-state index in [1.807, 2.05) is 19.1 Å². The highest BCUT2D eigenvalue weighted by Gasteiger charge is 2.09. The summed E-state index contributed by atoms with van der Waals surface area (Å²) in [4.78, 5) is 12.0. The molecule has 0 aliphatic carbocycles. The van der Waals surface area contributed by atoms with Crippen LogP contribution in [-0.2, 0) is 10.5 Å². The van der Waals surface area contributed by atoms with Crippen LogP contribution in [0.1, 0.15) is 35.2 Å². The molecule has 0 heterocycles. The summed E-state index contributed by atoms with van der Waals surface area (Å²) in [5, 5.41) is 3.06. The lowest BCUT2D eigenvalue weighted by Crippen LogP contribution is -2.28. The first-order valence-electron chi connectivity index (χ1n) is 7.54. The number of nitrogens with one attached hydrogen (secondary N) is 1. The molecule has 1 atom stereocenters. The van der Waals surface area contributed by atoms with E-state index in [0.29, 0.717) is 5.75 Å². The second-order valence-electron chi connectivity index (χ2n) is 5.62. The summed E-state index contributed by atoms with van der Waals surface area (Å²) < 4.78 is 0. The Bertz CT molecular complexity index is 622. The van der Waals surface area contributed by atoms with Gasteiger partial charge in [0.1, 0.15) is 0 Å². The monoisotopic (exact) mass is 313 g/mol. The van der Waals surface area contributed by atoms with Gasteiger partial charge >= 0.3 is 0 Å². The molecule has 1 N–H and O–H groups in total. The average molecular weight is 313 g/mol. The Balaban J connectivity index is 1.78. The molecule has 22 heavy (non-hydrogen) atoms. The molecule has 0 saturated carbocycles. The SMILES string of the molecule is Cc1ccc([C@@H](C)NC(=O)CSCc2ccccc2C)cc1. The predicted octanol–water partition coefficient (Wildman–Crippen LogP) is 4.41. The molecule has 3 heteroatoms. The van der Waals surface area contributed by atoms with E-state index in [1.54, 1.807) is 11.8 Å². The fraction of sp³-hybridized carbons (Fsp3) is 0.316. The van der Waals surface area contributed by atoms with Crippen LogP contribution in [0.3, 0.4) is 0 Å². The lowest BCUT2D eigenvalue weighted by Gasteiger charge is -2.14. The van der Waals surface area contributed by atoms with Crippen LogP contribution in [0.15, 0.2) is 48.5 Å². The third kappa shape index (κ3) is 4.92. The van der Waals surface area contributed by atoms with Crippen molar-refractivity contribution in [1.82, 2.24) is 5.32 Å². The number of benzene rings is 2. The van der Waals surface area contributed by atoms with Crippen molar-refractivity contribution in [2.45, 2.75) is 32.6 Å². The Morgan fingerprint density at radius 2 is 1.77 bits per heavy atom. The zero-order chi connectivity index (χ0) is 15.9. The molecule has 0 spiro atoms. The van der Waals surface area contributed by atoms with E-state index in [-0.39, 0.29) is 11.9 Å². The molecule has 0 fully saturated rings. The predicted molar refractivity (Wildman–Crippen MR) is 95.1 cm³/mol. The second-order valence-corrected chi connectivity index (χ2v) is 6.60. The number of aryl methyl sites for hydroxylation is 2. The molecule has 116 valence electrons. The molecule has 0 bridgehead atoms. The van der Waals surface area contributed by atoms with Crippen molar-refractivity contribution in [3.05, 3.63) is 70.8 Å². The van der Waals surface area contributed by atoms with Crippen molar-refractivity contribution in [3.63, 3.8) is 0 Å². The van der Waals surface area contributed by atoms with Crippen LogP contribution in [0.5, 0.6) is 0 Å². The summed E-state index contributed by atoms with van der Waals surface area (Å²) in [6, 6.07) is 16.6. The summed E-state index contributed by atoms with van der Waals surface area (Å²) in [5.41, 5.74) is 4.95. The highest BCUT2D eigenvalue weighted by Crippen LogP contribution is 2.17. The van der Waals surface area contributed by atoms with E-state index < -0.39 is 0 Å². The summed E-state index contributed by atoms with van der Waals surface area (Å²) in [6.45, 7) is 6.19. The second kappa shape index (κ2) is 8.04. The van der Waals surface area contributed by atoms with Gasteiger partial charge < -0.3 is 5.32 Å². The van der Waals surface area contributed by atoms with Gasteiger partial charge in [0, 0.05) is 5.75 Å². The molecule has 0 aromatic heterocycles. The van der Waals surface area contributed by atoms with Crippen LogP contribution in [0.4, 0.5) is 0 Å². The van der Waals surface area contributed by atoms with Crippen molar-refractivity contribution in [1.29, 1.82) is 0 Å². The van der Waals surface area contributed by atoms with Crippen molar-refractivity contribution in [3.8, 4) is 0 Å². The normalized spacial score (nSPS) is 12.0. The van der Waals surface area contributed by atoms with Crippen LogP contribution < -0.4 is 5.32 Å². The zero-order valence-electron chi connectivity index (χ0n) is 13.4. The van der Waals surface area contributed by atoms with Crippen molar-refractivity contribution in [2.24, 2.45) is 0 Å². The van der Waals surface area contributed by atoms with Gasteiger partial charge in [-0.3, -0.25) is 4.79 Å². The summed E-state index contributed by atoms with van der Waals surface area (Å²) in [7, 11) is 0. The molecular weight excluding hydrogens is 290 g/mol. The first-order valence-corrected chi connectivity index (χ1v) is 8.70. The number of rotatable bonds is 6. The molecule has 0 saturated heterocycles. The largest absolute Gasteiger partial charge is 0.349 e. The Morgan fingerprint density at radius 1 is 1.09 bits per heavy atom. The molecule has 0 aliphatic rings. The van der Waals surface area contributed by atoms with Crippen LogP contribution in [0.2, 0.25) is 0 Å². The lowest BCUT2D eigenvalue weighted by molar-refractivity contribution is -0.119. The number of thioether (sulfide) groups is 1. The molecule has 0 radical (unpaired) electrons. The highest BCUT2D eigenvalue weighted by molar-refractivity contribution is 7.99.